The standard InChI is InChI=1S/C17H25N3O4S/c1-5-16(21)20(4)15-10-8-14(9-11-15)17(22)18-12-7-13-19(3)25(23,24)6-2/h5,8-11H,1,6-7,12-13H2,2-4H3,(H,18,22). The van der Waals surface area contributed by atoms with Crippen LogP contribution in [0.2, 0.25) is 0 Å². The van der Waals surface area contributed by atoms with Crippen molar-refractivity contribution in [2.24, 2.45) is 0 Å². The molecule has 0 fully saturated rings. The number of hydrogen-bond acceptors (Lipinski definition) is 4. The topological polar surface area (TPSA) is 86.8 Å². The van der Waals surface area contributed by atoms with Crippen LogP contribution in [-0.4, -0.2) is 57.5 Å². The molecule has 0 aromatic heterocycles. The first-order valence-electron chi connectivity index (χ1n) is 7.95. The molecule has 0 saturated heterocycles. The Morgan fingerprint density at radius 3 is 2.32 bits per heavy atom. The maximum absolute atomic E-state index is 12.1. The molecule has 0 aliphatic heterocycles. The van der Waals surface area contributed by atoms with Gasteiger partial charge in [0.05, 0.1) is 5.75 Å². The molecule has 1 aromatic rings. The van der Waals surface area contributed by atoms with Gasteiger partial charge in [-0.1, -0.05) is 6.58 Å². The fourth-order valence-electron chi connectivity index (χ4n) is 2.07. The fourth-order valence-corrected chi connectivity index (χ4v) is 2.91. The Morgan fingerprint density at radius 2 is 1.80 bits per heavy atom. The van der Waals surface area contributed by atoms with Crippen LogP contribution in [0.4, 0.5) is 5.69 Å². The number of benzene rings is 1. The van der Waals surface area contributed by atoms with Gasteiger partial charge in [-0.05, 0) is 43.7 Å². The highest BCUT2D eigenvalue weighted by molar-refractivity contribution is 7.89. The summed E-state index contributed by atoms with van der Waals surface area (Å²) >= 11 is 0. The molecule has 25 heavy (non-hydrogen) atoms. The SMILES string of the molecule is C=CC(=O)N(C)c1ccc(C(=O)NCCCN(C)S(=O)(=O)CC)cc1. The third-order valence-corrected chi connectivity index (χ3v) is 5.66. The lowest BCUT2D eigenvalue weighted by Crippen LogP contribution is -2.32. The van der Waals surface area contributed by atoms with Gasteiger partial charge < -0.3 is 10.2 Å². The summed E-state index contributed by atoms with van der Waals surface area (Å²) in [6, 6.07) is 6.62. The number of likely N-dealkylation sites (N-methyl/N-ethyl adjacent to an activating group) is 1. The van der Waals surface area contributed by atoms with Crippen LogP contribution in [0.25, 0.3) is 0 Å². The van der Waals surface area contributed by atoms with E-state index in [1.165, 1.54) is 22.3 Å². The molecule has 8 heteroatoms. The van der Waals surface area contributed by atoms with Crippen LogP contribution in [0.15, 0.2) is 36.9 Å². The summed E-state index contributed by atoms with van der Waals surface area (Å²) < 4.78 is 24.5. The predicted molar refractivity (Wildman–Crippen MR) is 99.1 cm³/mol. The van der Waals surface area contributed by atoms with E-state index < -0.39 is 10.0 Å². The second-order valence-electron chi connectivity index (χ2n) is 5.48. The van der Waals surface area contributed by atoms with Gasteiger partial charge >= 0.3 is 0 Å². The molecule has 7 nitrogen and oxygen atoms in total. The number of hydrogen-bond donors (Lipinski definition) is 1. The van der Waals surface area contributed by atoms with Crippen molar-refractivity contribution in [2.45, 2.75) is 13.3 Å². The summed E-state index contributed by atoms with van der Waals surface area (Å²) in [4.78, 5) is 25.0. The van der Waals surface area contributed by atoms with Gasteiger partial charge in [-0.25, -0.2) is 12.7 Å². The normalized spacial score (nSPS) is 11.2. The van der Waals surface area contributed by atoms with Crippen LogP contribution in [0.3, 0.4) is 0 Å². The molecule has 0 aliphatic rings. The molecule has 138 valence electrons. The van der Waals surface area contributed by atoms with Crippen molar-refractivity contribution in [1.82, 2.24) is 9.62 Å². The van der Waals surface area contributed by atoms with E-state index in [1.807, 2.05) is 0 Å². The zero-order valence-electron chi connectivity index (χ0n) is 14.9. The van der Waals surface area contributed by atoms with E-state index in [0.29, 0.717) is 30.8 Å². The highest BCUT2D eigenvalue weighted by Gasteiger charge is 2.14. The fraction of sp³-hybridized carbons (Fsp3) is 0.412. The van der Waals surface area contributed by atoms with Crippen molar-refractivity contribution in [1.29, 1.82) is 0 Å². The summed E-state index contributed by atoms with van der Waals surface area (Å²) in [5.74, 6) is -0.418. The number of sulfonamides is 1. The third-order valence-electron chi connectivity index (χ3n) is 3.80. The smallest absolute Gasteiger partial charge is 0.251 e. The monoisotopic (exact) mass is 367 g/mol. The minimum Gasteiger partial charge on any atom is -0.352 e. The van der Waals surface area contributed by atoms with Gasteiger partial charge in [0.1, 0.15) is 0 Å². The van der Waals surface area contributed by atoms with Gasteiger partial charge in [0.25, 0.3) is 5.91 Å². The van der Waals surface area contributed by atoms with Crippen molar-refractivity contribution >= 4 is 27.5 Å². The van der Waals surface area contributed by atoms with E-state index in [-0.39, 0.29) is 17.6 Å². The average molecular weight is 367 g/mol. The van der Waals surface area contributed by atoms with Crippen molar-refractivity contribution in [3.8, 4) is 0 Å². The van der Waals surface area contributed by atoms with Gasteiger partial charge in [-0.2, -0.15) is 0 Å². The van der Waals surface area contributed by atoms with Crippen molar-refractivity contribution in [2.75, 3.05) is 37.8 Å². The summed E-state index contributed by atoms with van der Waals surface area (Å²) in [7, 11) is -0.0387. The minimum absolute atomic E-state index is 0.0605. The average Bonchev–Trinajstić information content (AvgIpc) is 2.63. The molecule has 0 unspecified atom stereocenters. The number of nitrogens with one attached hydrogen (secondary N) is 1. The molecule has 0 aliphatic carbocycles. The number of nitrogens with zero attached hydrogens (tertiary/aromatic N) is 2. The summed E-state index contributed by atoms with van der Waals surface area (Å²) in [6.45, 7) is 5.75. The Balaban J connectivity index is 2.51. The van der Waals surface area contributed by atoms with Gasteiger partial charge in [0, 0.05) is 38.4 Å². The van der Waals surface area contributed by atoms with Gasteiger partial charge in [0.15, 0.2) is 0 Å². The van der Waals surface area contributed by atoms with E-state index in [9.17, 15) is 18.0 Å². The number of rotatable bonds is 9. The van der Waals surface area contributed by atoms with Crippen molar-refractivity contribution in [3.63, 3.8) is 0 Å². The molecular weight excluding hydrogens is 342 g/mol. The number of carbonyl (C=O) groups excluding carboxylic acids is 2. The highest BCUT2D eigenvalue weighted by Crippen LogP contribution is 2.14. The van der Waals surface area contributed by atoms with Crippen molar-refractivity contribution < 1.29 is 18.0 Å². The zero-order valence-corrected chi connectivity index (χ0v) is 15.7. The number of amides is 2. The summed E-state index contributed by atoms with van der Waals surface area (Å²) in [5.41, 5.74) is 1.13. The Bertz CT molecular complexity index is 714. The predicted octanol–water partition coefficient (Wildman–Crippen LogP) is 1.24. The first-order chi connectivity index (χ1) is 11.7. The molecular formula is C17H25N3O4S. The van der Waals surface area contributed by atoms with Crippen molar-refractivity contribution in [3.05, 3.63) is 42.5 Å². The molecule has 0 radical (unpaired) electrons. The lowest BCUT2D eigenvalue weighted by molar-refractivity contribution is -0.113. The summed E-state index contributed by atoms with van der Waals surface area (Å²) in [6.07, 6.45) is 1.74. The van der Waals surface area contributed by atoms with Crippen LogP contribution >= 0.6 is 0 Å². The van der Waals surface area contributed by atoms with Crippen LogP contribution in [0.5, 0.6) is 0 Å². The largest absolute Gasteiger partial charge is 0.352 e. The second-order valence-corrected chi connectivity index (χ2v) is 7.84. The number of anilines is 1. The molecule has 0 atom stereocenters. The lowest BCUT2D eigenvalue weighted by Gasteiger charge is -2.16. The Hall–Kier alpha value is -2.19. The first-order valence-corrected chi connectivity index (χ1v) is 9.56. The molecule has 0 heterocycles. The van der Waals surface area contributed by atoms with Gasteiger partial charge in [-0.3, -0.25) is 9.59 Å². The highest BCUT2D eigenvalue weighted by atomic mass is 32.2. The van der Waals surface area contributed by atoms with Crippen LogP contribution in [-0.2, 0) is 14.8 Å². The van der Waals surface area contributed by atoms with E-state index in [4.69, 9.17) is 0 Å². The number of carbonyl (C=O) groups is 2. The molecule has 0 spiro atoms. The molecule has 2 amide bonds. The Labute approximate surface area is 149 Å². The Kier molecular flexibility index (Phi) is 7.79. The van der Waals surface area contributed by atoms with E-state index in [0.717, 1.165) is 0 Å². The van der Waals surface area contributed by atoms with E-state index in [1.54, 1.807) is 38.2 Å². The quantitative estimate of drug-likeness (QED) is 0.525. The third kappa shape index (κ3) is 5.99. The molecule has 1 N–H and O–H groups in total. The first kappa shape index (κ1) is 20.9. The maximum atomic E-state index is 12.1. The minimum atomic E-state index is -3.19. The van der Waals surface area contributed by atoms with E-state index >= 15 is 0 Å². The molecule has 1 rings (SSSR count). The van der Waals surface area contributed by atoms with Crippen LogP contribution in [0.1, 0.15) is 23.7 Å². The van der Waals surface area contributed by atoms with Crippen LogP contribution in [0, 0.1) is 0 Å². The maximum Gasteiger partial charge on any atom is 0.251 e. The van der Waals surface area contributed by atoms with Gasteiger partial charge in [-0.15, -0.1) is 0 Å². The lowest BCUT2D eigenvalue weighted by atomic mass is 10.2. The second kappa shape index (κ2) is 9.33. The van der Waals surface area contributed by atoms with E-state index in [2.05, 4.69) is 11.9 Å². The van der Waals surface area contributed by atoms with Gasteiger partial charge in [0.2, 0.25) is 15.9 Å². The molecule has 1 aromatic carbocycles. The molecule has 0 bridgehead atoms. The zero-order chi connectivity index (χ0) is 19.0. The van der Waals surface area contributed by atoms with Crippen LogP contribution < -0.4 is 10.2 Å². The Morgan fingerprint density at radius 1 is 1.20 bits per heavy atom. The summed E-state index contributed by atoms with van der Waals surface area (Å²) in [5, 5.41) is 2.75. The molecule has 0 saturated carbocycles.